The molecule has 6 nitrogen and oxygen atoms in total. The van der Waals surface area contributed by atoms with Crippen LogP contribution < -0.4 is 15.8 Å². The van der Waals surface area contributed by atoms with Crippen LogP contribution in [0.5, 0.6) is 0 Å². The van der Waals surface area contributed by atoms with Gasteiger partial charge in [-0.05, 0) is 48.7 Å². The van der Waals surface area contributed by atoms with E-state index in [1.54, 1.807) is 18.2 Å². The van der Waals surface area contributed by atoms with Crippen molar-refractivity contribution in [2.45, 2.75) is 18.2 Å². The molecular formula is C17H20ClN3O3S. The predicted octanol–water partition coefficient (Wildman–Crippen LogP) is 2.07. The summed E-state index contributed by atoms with van der Waals surface area (Å²) >= 11 is 6.03. The maximum absolute atomic E-state index is 11.9. The van der Waals surface area contributed by atoms with Crippen LogP contribution >= 0.6 is 11.6 Å². The largest absolute Gasteiger partial charge is 0.376 e. The molecule has 0 bridgehead atoms. The SMILES string of the molecule is Cc1c(Cl)cccc1NCC(=O)NCCc1ccc(S(N)(=O)=O)cc1. The van der Waals surface area contributed by atoms with E-state index in [2.05, 4.69) is 10.6 Å². The number of hydrogen-bond donors (Lipinski definition) is 3. The van der Waals surface area contributed by atoms with Crippen molar-refractivity contribution in [1.82, 2.24) is 5.32 Å². The van der Waals surface area contributed by atoms with E-state index < -0.39 is 10.0 Å². The summed E-state index contributed by atoms with van der Waals surface area (Å²) in [6, 6.07) is 11.7. The summed E-state index contributed by atoms with van der Waals surface area (Å²) in [7, 11) is -3.68. The van der Waals surface area contributed by atoms with Gasteiger partial charge in [0.05, 0.1) is 11.4 Å². The second-order valence-corrected chi connectivity index (χ2v) is 7.52. The second-order valence-electron chi connectivity index (χ2n) is 5.55. The molecule has 134 valence electrons. The zero-order chi connectivity index (χ0) is 18.4. The van der Waals surface area contributed by atoms with Crippen LogP contribution in [0.4, 0.5) is 5.69 Å². The van der Waals surface area contributed by atoms with Crippen molar-refractivity contribution in [3.05, 3.63) is 58.6 Å². The molecule has 0 unspecified atom stereocenters. The molecule has 25 heavy (non-hydrogen) atoms. The number of carbonyl (C=O) groups is 1. The van der Waals surface area contributed by atoms with E-state index in [-0.39, 0.29) is 17.3 Å². The number of carbonyl (C=O) groups excluding carboxylic acids is 1. The second kappa shape index (κ2) is 8.33. The fourth-order valence-electron chi connectivity index (χ4n) is 2.23. The van der Waals surface area contributed by atoms with Gasteiger partial charge in [-0.25, -0.2) is 13.6 Å². The smallest absolute Gasteiger partial charge is 0.239 e. The minimum Gasteiger partial charge on any atom is -0.376 e. The van der Waals surface area contributed by atoms with E-state index >= 15 is 0 Å². The Morgan fingerprint density at radius 2 is 1.84 bits per heavy atom. The third-order valence-electron chi connectivity index (χ3n) is 3.69. The lowest BCUT2D eigenvalue weighted by atomic mass is 10.1. The van der Waals surface area contributed by atoms with Crippen LogP contribution in [-0.2, 0) is 21.2 Å². The summed E-state index contributed by atoms with van der Waals surface area (Å²) in [6.07, 6.45) is 0.590. The van der Waals surface area contributed by atoms with Crippen LogP contribution in [0.3, 0.4) is 0 Å². The Kier molecular flexibility index (Phi) is 6.41. The zero-order valence-electron chi connectivity index (χ0n) is 13.8. The number of amides is 1. The summed E-state index contributed by atoms with van der Waals surface area (Å²) < 4.78 is 22.4. The number of sulfonamides is 1. The Morgan fingerprint density at radius 3 is 2.48 bits per heavy atom. The molecule has 8 heteroatoms. The lowest BCUT2D eigenvalue weighted by molar-refractivity contribution is -0.119. The molecule has 2 aromatic rings. The van der Waals surface area contributed by atoms with E-state index in [4.69, 9.17) is 16.7 Å². The average Bonchev–Trinajstić information content (AvgIpc) is 2.56. The third kappa shape index (κ3) is 5.74. The minimum absolute atomic E-state index is 0.0707. The molecule has 0 saturated carbocycles. The fraction of sp³-hybridized carbons (Fsp3) is 0.235. The molecule has 0 atom stereocenters. The molecule has 0 heterocycles. The van der Waals surface area contributed by atoms with Gasteiger partial charge in [-0.15, -0.1) is 0 Å². The van der Waals surface area contributed by atoms with Crippen LogP contribution in [0.15, 0.2) is 47.4 Å². The Morgan fingerprint density at radius 1 is 1.16 bits per heavy atom. The van der Waals surface area contributed by atoms with Crippen molar-refractivity contribution in [3.8, 4) is 0 Å². The molecule has 0 radical (unpaired) electrons. The summed E-state index contributed by atoms with van der Waals surface area (Å²) in [5.74, 6) is -0.138. The van der Waals surface area contributed by atoms with Crippen molar-refractivity contribution < 1.29 is 13.2 Å². The highest BCUT2D eigenvalue weighted by atomic mass is 35.5. The Labute approximate surface area is 152 Å². The van der Waals surface area contributed by atoms with Crippen LogP contribution in [0.25, 0.3) is 0 Å². The minimum atomic E-state index is -3.68. The molecule has 0 aromatic heterocycles. The van der Waals surface area contributed by atoms with Gasteiger partial charge < -0.3 is 10.6 Å². The van der Waals surface area contributed by atoms with Crippen molar-refractivity contribution in [2.24, 2.45) is 5.14 Å². The topological polar surface area (TPSA) is 101 Å². The van der Waals surface area contributed by atoms with Gasteiger partial charge in [0.1, 0.15) is 0 Å². The first kappa shape index (κ1) is 19.2. The van der Waals surface area contributed by atoms with E-state index in [1.807, 2.05) is 19.1 Å². The first-order valence-corrected chi connectivity index (χ1v) is 9.57. The molecule has 0 aliphatic rings. The van der Waals surface area contributed by atoms with Crippen molar-refractivity contribution in [2.75, 3.05) is 18.4 Å². The van der Waals surface area contributed by atoms with E-state index in [1.165, 1.54) is 12.1 Å². The summed E-state index contributed by atoms with van der Waals surface area (Å²) in [5.41, 5.74) is 2.62. The predicted molar refractivity (Wildman–Crippen MR) is 99.2 cm³/mol. The van der Waals surface area contributed by atoms with E-state index in [0.29, 0.717) is 18.0 Å². The fourth-order valence-corrected chi connectivity index (χ4v) is 2.92. The molecule has 4 N–H and O–H groups in total. The highest BCUT2D eigenvalue weighted by Crippen LogP contribution is 2.22. The van der Waals surface area contributed by atoms with Gasteiger partial charge >= 0.3 is 0 Å². The Bertz CT molecular complexity index is 852. The van der Waals surface area contributed by atoms with Crippen molar-refractivity contribution >= 4 is 33.2 Å². The summed E-state index contributed by atoms with van der Waals surface area (Å²) in [4.78, 5) is 12.0. The Balaban J connectivity index is 1.78. The molecule has 2 aromatic carbocycles. The maximum Gasteiger partial charge on any atom is 0.239 e. The molecular weight excluding hydrogens is 362 g/mol. The molecule has 2 rings (SSSR count). The highest BCUT2D eigenvalue weighted by molar-refractivity contribution is 7.89. The number of nitrogens with two attached hydrogens (primary N) is 1. The molecule has 0 aliphatic heterocycles. The molecule has 0 fully saturated rings. The first-order valence-electron chi connectivity index (χ1n) is 7.65. The van der Waals surface area contributed by atoms with Gasteiger partial charge in [-0.1, -0.05) is 29.8 Å². The number of anilines is 1. The normalized spacial score (nSPS) is 11.2. The van der Waals surface area contributed by atoms with E-state index in [9.17, 15) is 13.2 Å². The van der Waals surface area contributed by atoms with Crippen molar-refractivity contribution in [3.63, 3.8) is 0 Å². The monoisotopic (exact) mass is 381 g/mol. The molecule has 0 spiro atoms. The summed E-state index contributed by atoms with van der Waals surface area (Å²) in [5, 5.41) is 11.5. The van der Waals surface area contributed by atoms with Gasteiger partial charge in [-0.2, -0.15) is 0 Å². The van der Waals surface area contributed by atoms with Crippen LogP contribution in [0, 0.1) is 6.92 Å². The number of primary sulfonamides is 1. The molecule has 1 amide bonds. The number of halogens is 1. The van der Waals surface area contributed by atoms with Gasteiger partial charge in [-0.3, -0.25) is 4.79 Å². The lowest BCUT2D eigenvalue weighted by Crippen LogP contribution is -2.31. The number of rotatable bonds is 7. The molecule has 0 aliphatic carbocycles. The number of hydrogen-bond acceptors (Lipinski definition) is 4. The van der Waals surface area contributed by atoms with Crippen LogP contribution in [0.2, 0.25) is 5.02 Å². The van der Waals surface area contributed by atoms with Gasteiger partial charge in [0.15, 0.2) is 0 Å². The highest BCUT2D eigenvalue weighted by Gasteiger charge is 2.07. The quantitative estimate of drug-likeness (QED) is 0.683. The average molecular weight is 382 g/mol. The molecule has 0 saturated heterocycles. The number of benzene rings is 2. The zero-order valence-corrected chi connectivity index (χ0v) is 15.3. The van der Waals surface area contributed by atoms with E-state index in [0.717, 1.165) is 16.8 Å². The number of nitrogens with one attached hydrogen (secondary N) is 2. The van der Waals surface area contributed by atoms with Gasteiger partial charge in [0.25, 0.3) is 0 Å². The lowest BCUT2D eigenvalue weighted by Gasteiger charge is -2.11. The van der Waals surface area contributed by atoms with Gasteiger partial charge in [0.2, 0.25) is 15.9 Å². The maximum atomic E-state index is 11.9. The van der Waals surface area contributed by atoms with Gasteiger partial charge in [0, 0.05) is 17.3 Å². The van der Waals surface area contributed by atoms with Crippen LogP contribution in [0.1, 0.15) is 11.1 Å². The first-order chi connectivity index (χ1) is 11.8. The third-order valence-corrected chi connectivity index (χ3v) is 5.03. The Hall–Kier alpha value is -2.09. The van der Waals surface area contributed by atoms with Crippen LogP contribution in [-0.4, -0.2) is 27.4 Å². The summed E-state index contributed by atoms with van der Waals surface area (Å²) in [6.45, 7) is 2.48. The standard InChI is InChI=1S/C17H20ClN3O3S/c1-12-15(18)3-2-4-16(12)21-11-17(22)20-10-9-13-5-7-14(8-6-13)25(19,23)24/h2-8,21H,9-11H2,1H3,(H,20,22)(H2,19,23,24). The van der Waals surface area contributed by atoms with Crippen molar-refractivity contribution in [1.29, 1.82) is 0 Å².